The van der Waals surface area contributed by atoms with Crippen LogP contribution >= 0.6 is 0 Å². The molecule has 2 heteroatoms. The van der Waals surface area contributed by atoms with Gasteiger partial charge in [0.05, 0.1) is 5.52 Å². The third kappa shape index (κ3) is 1.32. The van der Waals surface area contributed by atoms with E-state index in [0.29, 0.717) is 0 Å². The second-order valence-corrected chi connectivity index (χ2v) is 5.71. The number of aromatic nitrogens is 2. The van der Waals surface area contributed by atoms with E-state index in [-0.39, 0.29) is 0 Å². The molecule has 0 aliphatic rings. The van der Waals surface area contributed by atoms with Crippen molar-refractivity contribution in [2.24, 2.45) is 0 Å². The zero-order valence-corrected chi connectivity index (χ0v) is 11.7. The standard InChI is InChI=1S/C19H14N2/c1-11-10-16-17(12-6-2-4-8-14(12)20-16)18-13-7-3-5-9-15(13)21-19(11)18/h2-10,20-21H,1H3. The van der Waals surface area contributed by atoms with Crippen LogP contribution in [-0.2, 0) is 0 Å². The highest BCUT2D eigenvalue weighted by molar-refractivity contribution is 6.28. The van der Waals surface area contributed by atoms with Crippen molar-refractivity contribution < 1.29 is 0 Å². The van der Waals surface area contributed by atoms with E-state index in [4.69, 9.17) is 0 Å². The molecule has 2 nitrogen and oxygen atoms in total. The fourth-order valence-electron chi connectivity index (χ4n) is 3.53. The normalized spacial score (nSPS) is 12.0. The molecule has 0 aliphatic carbocycles. The lowest BCUT2D eigenvalue weighted by Gasteiger charge is -2.00. The summed E-state index contributed by atoms with van der Waals surface area (Å²) in [7, 11) is 0. The maximum absolute atomic E-state index is 3.58. The van der Waals surface area contributed by atoms with Gasteiger partial charge in [0.25, 0.3) is 0 Å². The van der Waals surface area contributed by atoms with Crippen molar-refractivity contribution in [2.75, 3.05) is 0 Å². The average molecular weight is 270 g/mol. The molecular formula is C19H14N2. The molecule has 0 saturated carbocycles. The van der Waals surface area contributed by atoms with Crippen molar-refractivity contribution in [3.63, 3.8) is 0 Å². The average Bonchev–Trinajstić information content (AvgIpc) is 3.05. The minimum absolute atomic E-state index is 1.20. The third-order valence-electron chi connectivity index (χ3n) is 4.45. The van der Waals surface area contributed by atoms with Crippen molar-refractivity contribution in [3.8, 4) is 0 Å². The molecule has 0 saturated heterocycles. The van der Waals surface area contributed by atoms with Crippen LogP contribution in [0.5, 0.6) is 0 Å². The van der Waals surface area contributed by atoms with Gasteiger partial charge in [0.15, 0.2) is 0 Å². The van der Waals surface area contributed by atoms with Crippen LogP contribution in [0.15, 0.2) is 54.6 Å². The Morgan fingerprint density at radius 3 is 2.05 bits per heavy atom. The van der Waals surface area contributed by atoms with Gasteiger partial charge in [0.2, 0.25) is 0 Å². The minimum atomic E-state index is 1.20. The van der Waals surface area contributed by atoms with E-state index < -0.39 is 0 Å². The molecule has 0 bridgehead atoms. The Hall–Kier alpha value is -2.74. The lowest BCUT2D eigenvalue weighted by molar-refractivity contribution is 1.45. The summed E-state index contributed by atoms with van der Waals surface area (Å²) in [5, 5.41) is 5.25. The van der Waals surface area contributed by atoms with Gasteiger partial charge in [0, 0.05) is 38.1 Å². The number of para-hydroxylation sites is 2. The molecule has 0 spiro atoms. The van der Waals surface area contributed by atoms with Crippen LogP contribution in [0.4, 0.5) is 0 Å². The van der Waals surface area contributed by atoms with E-state index in [1.807, 2.05) is 0 Å². The summed E-state index contributed by atoms with van der Waals surface area (Å²) in [6.07, 6.45) is 0. The van der Waals surface area contributed by atoms with Crippen molar-refractivity contribution in [1.82, 2.24) is 9.97 Å². The largest absolute Gasteiger partial charge is 0.354 e. The number of hydrogen-bond acceptors (Lipinski definition) is 0. The van der Waals surface area contributed by atoms with Crippen LogP contribution in [0.2, 0.25) is 0 Å². The van der Waals surface area contributed by atoms with Gasteiger partial charge in [-0.3, -0.25) is 0 Å². The molecule has 0 unspecified atom stereocenters. The molecule has 3 aromatic carbocycles. The number of rotatable bonds is 0. The van der Waals surface area contributed by atoms with Gasteiger partial charge in [-0.05, 0) is 30.7 Å². The van der Waals surface area contributed by atoms with E-state index in [9.17, 15) is 0 Å². The summed E-state index contributed by atoms with van der Waals surface area (Å²) >= 11 is 0. The van der Waals surface area contributed by atoms with Crippen molar-refractivity contribution in [3.05, 3.63) is 60.2 Å². The number of fused-ring (bicyclic) bond motifs is 7. The first-order valence-electron chi connectivity index (χ1n) is 7.23. The Kier molecular flexibility index (Phi) is 1.92. The first-order valence-corrected chi connectivity index (χ1v) is 7.23. The number of aryl methyl sites for hydroxylation is 1. The van der Waals surface area contributed by atoms with Crippen molar-refractivity contribution in [1.29, 1.82) is 0 Å². The summed E-state index contributed by atoms with van der Waals surface area (Å²) in [4.78, 5) is 7.13. The van der Waals surface area contributed by atoms with Gasteiger partial charge < -0.3 is 9.97 Å². The fraction of sp³-hybridized carbons (Fsp3) is 0.0526. The maximum atomic E-state index is 3.58. The lowest BCUT2D eigenvalue weighted by Crippen LogP contribution is -1.78. The number of nitrogens with one attached hydrogen (secondary N) is 2. The van der Waals surface area contributed by atoms with Gasteiger partial charge in [-0.25, -0.2) is 0 Å². The van der Waals surface area contributed by atoms with E-state index in [2.05, 4.69) is 71.5 Å². The Morgan fingerprint density at radius 1 is 0.667 bits per heavy atom. The summed E-state index contributed by atoms with van der Waals surface area (Å²) < 4.78 is 0. The molecular weight excluding hydrogens is 256 g/mol. The summed E-state index contributed by atoms with van der Waals surface area (Å²) in [6, 6.07) is 19.3. The molecule has 2 aromatic heterocycles. The Balaban J connectivity index is 2.21. The Bertz CT molecular complexity index is 1140. The van der Waals surface area contributed by atoms with Gasteiger partial charge in [-0.1, -0.05) is 36.4 Å². The molecule has 5 rings (SSSR count). The van der Waals surface area contributed by atoms with E-state index in [1.165, 1.54) is 49.2 Å². The fourth-order valence-corrected chi connectivity index (χ4v) is 3.53. The molecule has 2 heterocycles. The summed E-state index contributed by atoms with van der Waals surface area (Å²) in [5.41, 5.74) is 6.14. The van der Waals surface area contributed by atoms with Crippen LogP contribution in [0.3, 0.4) is 0 Å². The second-order valence-electron chi connectivity index (χ2n) is 5.71. The third-order valence-corrected chi connectivity index (χ3v) is 4.45. The first kappa shape index (κ1) is 11.0. The van der Waals surface area contributed by atoms with Crippen LogP contribution < -0.4 is 0 Å². The van der Waals surface area contributed by atoms with Crippen molar-refractivity contribution in [2.45, 2.75) is 6.92 Å². The maximum Gasteiger partial charge on any atom is 0.0502 e. The quantitative estimate of drug-likeness (QED) is 0.384. The molecule has 0 aliphatic heterocycles. The Labute approximate surface area is 121 Å². The minimum Gasteiger partial charge on any atom is -0.354 e. The van der Waals surface area contributed by atoms with Crippen LogP contribution in [0.25, 0.3) is 43.6 Å². The van der Waals surface area contributed by atoms with Gasteiger partial charge in [-0.2, -0.15) is 0 Å². The molecule has 0 amide bonds. The topological polar surface area (TPSA) is 31.6 Å². The lowest BCUT2D eigenvalue weighted by atomic mass is 10.0. The highest BCUT2D eigenvalue weighted by Gasteiger charge is 2.14. The van der Waals surface area contributed by atoms with E-state index in [1.54, 1.807) is 0 Å². The molecule has 5 aromatic rings. The van der Waals surface area contributed by atoms with Crippen LogP contribution in [0.1, 0.15) is 5.56 Å². The first-order chi connectivity index (χ1) is 10.3. The number of aromatic amines is 2. The number of benzene rings is 3. The van der Waals surface area contributed by atoms with Crippen LogP contribution in [0, 0.1) is 6.92 Å². The predicted molar refractivity (Wildman–Crippen MR) is 89.9 cm³/mol. The molecule has 0 atom stereocenters. The van der Waals surface area contributed by atoms with E-state index >= 15 is 0 Å². The van der Waals surface area contributed by atoms with E-state index in [0.717, 1.165) is 0 Å². The zero-order chi connectivity index (χ0) is 14.0. The monoisotopic (exact) mass is 270 g/mol. The van der Waals surface area contributed by atoms with Gasteiger partial charge in [-0.15, -0.1) is 0 Å². The van der Waals surface area contributed by atoms with Gasteiger partial charge in [0.1, 0.15) is 0 Å². The highest BCUT2D eigenvalue weighted by atomic mass is 14.7. The molecule has 21 heavy (non-hydrogen) atoms. The highest BCUT2D eigenvalue weighted by Crippen LogP contribution is 2.37. The smallest absolute Gasteiger partial charge is 0.0502 e. The predicted octanol–water partition coefficient (Wildman–Crippen LogP) is 5.26. The summed E-state index contributed by atoms with van der Waals surface area (Å²) in [6.45, 7) is 2.17. The molecule has 0 radical (unpaired) electrons. The second kappa shape index (κ2) is 3.67. The van der Waals surface area contributed by atoms with Crippen molar-refractivity contribution >= 4 is 43.6 Å². The van der Waals surface area contributed by atoms with Crippen LogP contribution in [-0.4, -0.2) is 9.97 Å². The number of hydrogen-bond donors (Lipinski definition) is 2. The number of H-pyrrole nitrogens is 2. The van der Waals surface area contributed by atoms with Gasteiger partial charge >= 0.3 is 0 Å². The molecule has 0 fully saturated rings. The molecule has 2 N–H and O–H groups in total. The summed E-state index contributed by atoms with van der Waals surface area (Å²) in [5.74, 6) is 0. The SMILES string of the molecule is Cc1cc2[nH]c3ccccc3c2c2c1[nH]c1ccccc12. The zero-order valence-electron chi connectivity index (χ0n) is 11.7. The Morgan fingerprint density at radius 2 is 1.29 bits per heavy atom. The molecule has 100 valence electrons.